The number of carbonyl (C=O) groups is 1. The van der Waals surface area contributed by atoms with Crippen LogP contribution in [0.1, 0.15) is 40.3 Å². The molecule has 0 saturated heterocycles. The standard InChI is InChI=1S/C27H23ClF2N3O3P/c1-32-22-13-21(24-17(26(32)34)5-4-6-23(24)36-27(29)30)33-20-11-14(7-10-19(20)31-25(22)33)16-9-8-15(12-18(16)28)37(2,3)35/h4-12,21-22,27H,13H2,1-3H3/t21-,22-/m1/s1. The smallest absolute Gasteiger partial charge is 0.387 e. The molecule has 190 valence electrons. The van der Waals surface area contributed by atoms with E-state index in [1.165, 1.54) is 6.07 Å². The lowest BCUT2D eigenvalue weighted by atomic mass is 9.97. The van der Waals surface area contributed by atoms with Crippen molar-refractivity contribution in [2.75, 3.05) is 20.4 Å². The third-order valence-electron chi connectivity index (χ3n) is 7.29. The quantitative estimate of drug-likeness (QED) is 0.283. The highest BCUT2D eigenvalue weighted by atomic mass is 35.5. The van der Waals surface area contributed by atoms with Crippen LogP contribution in [-0.4, -0.2) is 47.3 Å². The predicted octanol–water partition coefficient (Wildman–Crippen LogP) is 6.33. The van der Waals surface area contributed by atoms with Crippen molar-refractivity contribution < 1.29 is 22.9 Å². The number of carbonyl (C=O) groups excluding carboxylic acids is 1. The van der Waals surface area contributed by atoms with E-state index in [0.717, 1.165) is 22.2 Å². The third-order valence-corrected chi connectivity index (χ3v) is 9.13. The zero-order valence-corrected chi connectivity index (χ0v) is 21.9. The number of nitrogens with zero attached hydrogens (tertiary/aromatic N) is 3. The summed E-state index contributed by atoms with van der Waals surface area (Å²) in [5.41, 5.74) is 3.94. The maximum atomic E-state index is 13.3. The zero-order valence-electron chi connectivity index (χ0n) is 20.3. The fraction of sp³-hybridized carbons (Fsp3) is 0.259. The normalized spacial score (nSPS) is 18.8. The molecule has 2 atom stereocenters. The Hall–Kier alpha value is -3.22. The fourth-order valence-electron chi connectivity index (χ4n) is 5.52. The van der Waals surface area contributed by atoms with Gasteiger partial charge in [-0.2, -0.15) is 8.78 Å². The molecule has 1 amide bonds. The molecular formula is C27H23ClF2N3O3P. The van der Waals surface area contributed by atoms with E-state index in [9.17, 15) is 18.1 Å². The molecule has 37 heavy (non-hydrogen) atoms. The Kier molecular flexibility index (Phi) is 5.48. The minimum absolute atomic E-state index is 0.00653. The van der Waals surface area contributed by atoms with Gasteiger partial charge < -0.3 is 18.8 Å². The van der Waals surface area contributed by atoms with E-state index in [4.69, 9.17) is 21.3 Å². The van der Waals surface area contributed by atoms with E-state index < -0.39 is 19.8 Å². The summed E-state index contributed by atoms with van der Waals surface area (Å²) in [7, 11) is -0.756. The second kappa shape index (κ2) is 8.40. The van der Waals surface area contributed by atoms with Crippen LogP contribution in [0.3, 0.4) is 0 Å². The molecule has 0 radical (unpaired) electrons. The van der Waals surface area contributed by atoms with Gasteiger partial charge in [-0.3, -0.25) is 4.79 Å². The third kappa shape index (κ3) is 3.77. The summed E-state index contributed by atoms with van der Waals surface area (Å²) in [6.07, 6.45) is 0.499. The molecule has 0 aliphatic carbocycles. The number of hydrogen-bond donors (Lipinski definition) is 0. The number of alkyl halides is 2. The molecular weight excluding hydrogens is 519 g/mol. The van der Waals surface area contributed by atoms with Crippen molar-refractivity contribution in [1.82, 2.24) is 14.5 Å². The van der Waals surface area contributed by atoms with E-state index in [1.807, 2.05) is 34.9 Å². The van der Waals surface area contributed by atoms with Crippen molar-refractivity contribution in [3.05, 3.63) is 76.6 Å². The number of fused-ring (bicyclic) bond motifs is 9. The van der Waals surface area contributed by atoms with Crippen molar-refractivity contribution in [3.8, 4) is 16.9 Å². The molecule has 1 aromatic heterocycles. The lowest BCUT2D eigenvalue weighted by Crippen LogP contribution is -2.30. The van der Waals surface area contributed by atoms with Gasteiger partial charge in [0.1, 0.15) is 18.7 Å². The Balaban J connectivity index is 1.55. The van der Waals surface area contributed by atoms with Crippen molar-refractivity contribution in [2.24, 2.45) is 0 Å². The van der Waals surface area contributed by atoms with Gasteiger partial charge in [-0.05, 0) is 49.2 Å². The van der Waals surface area contributed by atoms with Crippen LogP contribution in [0.2, 0.25) is 5.02 Å². The summed E-state index contributed by atoms with van der Waals surface area (Å²) in [4.78, 5) is 19.7. The van der Waals surface area contributed by atoms with Crippen molar-refractivity contribution >= 4 is 41.0 Å². The molecule has 2 aliphatic rings. The van der Waals surface area contributed by atoms with Crippen molar-refractivity contribution in [3.63, 3.8) is 0 Å². The molecule has 0 unspecified atom stereocenters. The van der Waals surface area contributed by atoms with Gasteiger partial charge in [-0.1, -0.05) is 35.9 Å². The highest BCUT2D eigenvalue weighted by molar-refractivity contribution is 7.70. The molecule has 0 N–H and O–H groups in total. The summed E-state index contributed by atoms with van der Waals surface area (Å²) in [5, 5.41) is 1.19. The highest BCUT2D eigenvalue weighted by Gasteiger charge is 2.45. The molecule has 4 aromatic rings. The van der Waals surface area contributed by atoms with E-state index in [-0.39, 0.29) is 17.7 Å². The van der Waals surface area contributed by atoms with E-state index in [0.29, 0.717) is 33.7 Å². The molecule has 10 heteroatoms. The predicted molar refractivity (Wildman–Crippen MR) is 140 cm³/mol. The average molecular weight is 542 g/mol. The number of halogens is 3. The van der Waals surface area contributed by atoms with E-state index in [2.05, 4.69) is 0 Å². The van der Waals surface area contributed by atoms with Gasteiger partial charge in [0, 0.05) is 40.5 Å². The molecule has 3 heterocycles. The van der Waals surface area contributed by atoms with Gasteiger partial charge >= 0.3 is 6.61 Å². The first-order valence-corrected chi connectivity index (χ1v) is 14.7. The summed E-state index contributed by atoms with van der Waals surface area (Å²) in [6, 6.07) is 15.2. The van der Waals surface area contributed by atoms with Crippen molar-refractivity contribution in [1.29, 1.82) is 0 Å². The lowest BCUT2D eigenvalue weighted by molar-refractivity contribution is -0.0507. The Bertz CT molecular complexity index is 1650. The Morgan fingerprint density at radius 2 is 1.86 bits per heavy atom. The Labute approximate surface area is 217 Å². The van der Waals surface area contributed by atoms with Gasteiger partial charge in [-0.15, -0.1) is 0 Å². The number of benzene rings is 3. The molecule has 0 fully saturated rings. The minimum Gasteiger partial charge on any atom is -0.434 e. The SMILES string of the molecule is CN1C(=O)c2cccc(OC(F)F)c2[C@H]2C[C@@H]1c1nc3ccc(-c4ccc(P(C)(C)=O)cc4Cl)cc3n12. The lowest BCUT2D eigenvalue weighted by Gasteiger charge is -2.24. The number of amides is 1. The van der Waals surface area contributed by atoms with Crippen LogP contribution in [0.5, 0.6) is 5.75 Å². The van der Waals surface area contributed by atoms with E-state index >= 15 is 0 Å². The van der Waals surface area contributed by atoms with E-state index in [1.54, 1.807) is 43.5 Å². The number of rotatable bonds is 4. The van der Waals surface area contributed by atoms with Crippen molar-refractivity contribution in [2.45, 2.75) is 25.1 Å². The van der Waals surface area contributed by atoms with Crippen LogP contribution in [0.25, 0.3) is 22.2 Å². The van der Waals surface area contributed by atoms with Crippen LogP contribution in [0.15, 0.2) is 54.6 Å². The highest BCUT2D eigenvalue weighted by Crippen LogP contribution is 2.50. The Morgan fingerprint density at radius 1 is 1.08 bits per heavy atom. The topological polar surface area (TPSA) is 64.4 Å². The first kappa shape index (κ1) is 24.1. The average Bonchev–Trinajstić information content (AvgIpc) is 3.36. The number of imidazole rings is 1. The number of aromatic nitrogens is 2. The molecule has 0 saturated carbocycles. The maximum absolute atomic E-state index is 13.3. The second-order valence-electron chi connectivity index (χ2n) is 9.84. The van der Waals surface area contributed by atoms with Crippen LogP contribution in [0, 0.1) is 0 Å². The van der Waals surface area contributed by atoms with Gasteiger partial charge in [0.05, 0.1) is 23.1 Å². The molecule has 6 nitrogen and oxygen atoms in total. The van der Waals surface area contributed by atoms with Crippen LogP contribution >= 0.6 is 18.7 Å². The monoisotopic (exact) mass is 541 g/mol. The van der Waals surface area contributed by atoms with Crippen LogP contribution in [0.4, 0.5) is 8.78 Å². The van der Waals surface area contributed by atoms with Gasteiger partial charge in [0.25, 0.3) is 5.91 Å². The summed E-state index contributed by atoms with van der Waals surface area (Å²) >= 11 is 6.62. The minimum atomic E-state index is -3.02. The summed E-state index contributed by atoms with van der Waals surface area (Å²) in [5.74, 6) is 0.440. The molecule has 0 spiro atoms. The molecule has 2 bridgehead atoms. The van der Waals surface area contributed by atoms with Gasteiger partial charge in [0.2, 0.25) is 0 Å². The van der Waals surface area contributed by atoms with Gasteiger partial charge in [-0.25, -0.2) is 4.98 Å². The first-order chi connectivity index (χ1) is 17.5. The fourth-order valence-corrected chi connectivity index (χ4v) is 6.76. The zero-order chi connectivity index (χ0) is 26.2. The summed E-state index contributed by atoms with van der Waals surface area (Å²) in [6.45, 7) is 0.385. The van der Waals surface area contributed by atoms with Crippen LogP contribution in [-0.2, 0) is 4.57 Å². The summed E-state index contributed by atoms with van der Waals surface area (Å²) < 4.78 is 46.0. The number of hydrogen-bond acceptors (Lipinski definition) is 4. The number of ether oxygens (including phenoxy) is 1. The van der Waals surface area contributed by atoms with Crippen LogP contribution < -0.4 is 10.0 Å². The molecule has 6 rings (SSSR count). The molecule has 2 aliphatic heterocycles. The van der Waals surface area contributed by atoms with Gasteiger partial charge in [0.15, 0.2) is 0 Å². The second-order valence-corrected chi connectivity index (χ2v) is 13.5. The Morgan fingerprint density at radius 3 is 2.57 bits per heavy atom. The largest absolute Gasteiger partial charge is 0.434 e. The molecule has 3 aromatic carbocycles. The first-order valence-electron chi connectivity index (χ1n) is 11.8. The maximum Gasteiger partial charge on any atom is 0.387 e.